The Morgan fingerprint density at radius 2 is 2.10 bits per heavy atom. The van der Waals surface area contributed by atoms with Crippen LogP contribution in [0.4, 0.5) is 0 Å². The molecule has 21 heavy (non-hydrogen) atoms. The van der Waals surface area contributed by atoms with Crippen molar-refractivity contribution in [2.45, 2.75) is 26.4 Å². The second-order valence-electron chi connectivity index (χ2n) is 5.19. The van der Waals surface area contributed by atoms with E-state index in [-0.39, 0.29) is 16.5 Å². The van der Waals surface area contributed by atoms with E-state index in [2.05, 4.69) is 9.97 Å². The zero-order valence-electron chi connectivity index (χ0n) is 11.7. The van der Waals surface area contributed by atoms with Gasteiger partial charge < -0.3 is 4.74 Å². The van der Waals surface area contributed by atoms with Crippen molar-refractivity contribution in [3.05, 3.63) is 34.1 Å². The lowest BCUT2D eigenvalue weighted by Crippen LogP contribution is -2.24. The zero-order valence-corrected chi connectivity index (χ0v) is 13.2. The average molecular weight is 322 g/mol. The number of hydrogen-bond acceptors (Lipinski definition) is 6. The van der Waals surface area contributed by atoms with E-state index in [0.29, 0.717) is 10.6 Å². The molecule has 0 N–H and O–H groups in total. The van der Waals surface area contributed by atoms with Crippen molar-refractivity contribution < 1.29 is 9.53 Å². The quantitative estimate of drug-likeness (QED) is 0.623. The molecule has 0 saturated heterocycles. The number of pyridine rings is 1. The van der Waals surface area contributed by atoms with Crippen LogP contribution in [0, 0.1) is 11.3 Å². The molecule has 0 aromatic carbocycles. The van der Waals surface area contributed by atoms with Crippen molar-refractivity contribution in [1.29, 1.82) is 5.26 Å². The first-order chi connectivity index (χ1) is 9.80. The lowest BCUT2D eigenvalue weighted by molar-refractivity contribution is 0.00638. The molecular formula is C14H12ClN3O2S. The molecule has 0 saturated carbocycles. The number of ether oxygens (including phenoxy) is 1. The van der Waals surface area contributed by atoms with Gasteiger partial charge in [-0.05, 0) is 32.9 Å². The van der Waals surface area contributed by atoms with Gasteiger partial charge in [0.25, 0.3) is 0 Å². The van der Waals surface area contributed by atoms with Crippen molar-refractivity contribution in [2.75, 3.05) is 0 Å². The maximum absolute atomic E-state index is 11.9. The fraction of sp³-hybridized carbons (Fsp3) is 0.286. The van der Waals surface area contributed by atoms with Crippen LogP contribution >= 0.6 is 22.9 Å². The Balaban J connectivity index is 2.28. The molecule has 0 amide bonds. The van der Waals surface area contributed by atoms with Crippen LogP contribution in [0.5, 0.6) is 0 Å². The van der Waals surface area contributed by atoms with Crippen molar-refractivity contribution in [3.63, 3.8) is 0 Å². The van der Waals surface area contributed by atoms with Gasteiger partial charge in [0.15, 0.2) is 5.69 Å². The molecule has 0 radical (unpaired) electrons. The molecule has 2 aromatic heterocycles. The van der Waals surface area contributed by atoms with E-state index in [1.54, 1.807) is 38.3 Å². The fourth-order valence-electron chi connectivity index (χ4n) is 1.48. The summed E-state index contributed by atoms with van der Waals surface area (Å²) in [7, 11) is 0. The smallest absolute Gasteiger partial charge is 0.358 e. The van der Waals surface area contributed by atoms with E-state index in [9.17, 15) is 4.79 Å². The van der Waals surface area contributed by atoms with Gasteiger partial charge in [-0.3, -0.25) is 0 Å². The van der Waals surface area contributed by atoms with E-state index >= 15 is 0 Å². The summed E-state index contributed by atoms with van der Waals surface area (Å²) in [6.07, 6.45) is 0. The molecule has 0 atom stereocenters. The summed E-state index contributed by atoms with van der Waals surface area (Å²) < 4.78 is 5.25. The molecule has 0 bridgehead atoms. The molecule has 108 valence electrons. The van der Waals surface area contributed by atoms with Crippen LogP contribution in [0.2, 0.25) is 5.15 Å². The maximum atomic E-state index is 11.9. The van der Waals surface area contributed by atoms with E-state index in [1.165, 1.54) is 11.3 Å². The highest BCUT2D eigenvalue weighted by molar-refractivity contribution is 7.13. The Labute approximate surface area is 131 Å². The van der Waals surface area contributed by atoms with Gasteiger partial charge in [0.1, 0.15) is 27.5 Å². The summed E-state index contributed by atoms with van der Waals surface area (Å²) in [5.74, 6) is -0.484. The number of halogens is 1. The second-order valence-corrected chi connectivity index (χ2v) is 6.40. The monoisotopic (exact) mass is 321 g/mol. The van der Waals surface area contributed by atoms with Crippen LogP contribution in [0.25, 0.3) is 10.6 Å². The minimum Gasteiger partial charge on any atom is -0.455 e. The molecule has 0 aliphatic rings. The summed E-state index contributed by atoms with van der Waals surface area (Å²) in [6.45, 7) is 5.37. The third-order valence-electron chi connectivity index (χ3n) is 2.31. The molecule has 7 heteroatoms. The van der Waals surface area contributed by atoms with Crippen LogP contribution in [-0.2, 0) is 4.74 Å². The largest absolute Gasteiger partial charge is 0.455 e. The van der Waals surface area contributed by atoms with Gasteiger partial charge >= 0.3 is 5.97 Å². The third-order valence-corrected chi connectivity index (χ3v) is 3.47. The van der Waals surface area contributed by atoms with Crippen molar-refractivity contribution >= 4 is 28.9 Å². The molecule has 2 rings (SSSR count). The Kier molecular flexibility index (Phi) is 4.26. The number of nitrogens with zero attached hydrogens (tertiary/aromatic N) is 3. The number of carbonyl (C=O) groups is 1. The van der Waals surface area contributed by atoms with Crippen LogP contribution in [0.3, 0.4) is 0 Å². The Bertz CT molecular complexity index is 729. The summed E-state index contributed by atoms with van der Waals surface area (Å²) >= 11 is 7.29. The molecular weight excluding hydrogens is 310 g/mol. The number of rotatable bonds is 2. The Hall–Kier alpha value is -1.97. The van der Waals surface area contributed by atoms with Crippen LogP contribution in [-0.4, -0.2) is 21.5 Å². The van der Waals surface area contributed by atoms with Crippen molar-refractivity contribution in [2.24, 2.45) is 0 Å². The van der Waals surface area contributed by atoms with Gasteiger partial charge in [0.2, 0.25) is 0 Å². The van der Waals surface area contributed by atoms with Crippen molar-refractivity contribution in [1.82, 2.24) is 9.97 Å². The number of carbonyl (C=O) groups excluding carboxylic acids is 1. The molecule has 0 fully saturated rings. The second kappa shape index (κ2) is 5.80. The van der Waals surface area contributed by atoms with Gasteiger partial charge in [0, 0.05) is 10.9 Å². The van der Waals surface area contributed by atoms with Gasteiger partial charge in [0.05, 0.1) is 0 Å². The van der Waals surface area contributed by atoms with E-state index in [0.717, 1.165) is 0 Å². The summed E-state index contributed by atoms with van der Waals surface area (Å²) in [4.78, 5) is 20.1. The number of hydrogen-bond donors (Lipinski definition) is 0. The topological polar surface area (TPSA) is 75.9 Å². The maximum Gasteiger partial charge on any atom is 0.358 e. The first-order valence-corrected chi connectivity index (χ1v) is 7.32. The highest BCUT2D eigenvalue weighted by Gasteiger charge is 2.21. The standard InChI is InChI=1S/C14H12ClN3O2S/c1-14(2,3)20-13(19)10-7-21-12(18-10)9-5-4-8(6-16)17-11(9)15/h4-5,7H,1-3H3. The zero-order chi connectivity index (χ0) is 15.6. The molecule has 0 aliphatic carbocycles. The van der Waals surface area contributed by atoms with Gasteiger partial charge in [-0.15, -0.1) is 11.3 Å². The summed E-state index contributed by atoms with van der Waals surface area (Å²) in [5.41, 5.74) is 0.461. The fourth-order valence-corrected chi connectivity index (χ4v) is 2.59. The first kappa shape index (κ1) is 15.4. The van der Waals surface area contributed by atoms with E-state index in [1.807, 2.05) is 6.07 Å². The lowest BCUT2D eigenvalue weighted by Gasteiger charge is -2.18. The summed E-state index contributed by atoms with van der Waals surface area (Å²) in [6, 6.07) is 5.12. The minimum atomic E-state index is -0.575. The number of thiazole rings is 1. The normalized spacial score (nSPS) is 11.0. The SMILES string of the molecule is CC(C)(C)OC(=O)c1csc(-c2ccc(C#N)nc2Cl)n1. The van der Waals surface area contributed by atoms with Gasteiger partial charge in [-0.2, -0.15) is 5.26 Å². The molecule has 0 spiro atoms. The molecule has 0 unspecified atom stereocenters. The molecule has 2 heterocycles. The highest BCUT2D eigenvalue weighted by atomic mass is 35.5. The third kappa shape index (κ3) is 3.78. The number of aromatic nitrogens is 2. The van der Waals surface area contributed by atoms with Crippen LogP contribution in [0.15, 0.2) is 17.5 Å². The Morgan fingerprint density at radius 3 is 2.67 bits per heavy atom. The average Bonchev–Trinajstić information content (AvgIpc) is 2.86. The lowest BCUT2D eigenvalue weighted by atomic mass is 10.2. The minimum absolute atomic E-state index is 0.180. The predicted molar refractivity (Wildman–Crippen MR) is 80.2 cm³/mol. The van der Waals surface area contributed by atoms with Crippen LogP contribution in [0.1, 0.15) is 37.0 Å². The predicted octanol–water partition coefficient (Wildman–Crippen LogP) is 3.69. The number of nitriles is 1. The first-order valence-electron chi connectivity index (χ1n) is 6.06. The molecule has 5 nitrogen and oxygen atoms in total. The van der Waals surface area contributed by atoms with Crippen molar-refractivity contribution in [3.8, 4) is 16.6 Å². The van der Waals surface area contributed by atoms with Crippen LogP contribution < -0.4 is 0 Å². The van der Waals surface area contributed by atoms with Gasteiger partial charge in [-0.1, -0.05) is 11.6 Å². The molecule has 2 aromatic rings. The van der Waals surface area contributed by atoms with E-state index < -0.39 is 11.6 Å². The number of esters is 1. The molecule has 0 aliphatic heterocycles. The summed E-state index contributed by atoms with van der Waals surface area (Å²) in [5, 5.41) is 11.1. The Morgan fingerprint density at radius 1 is 1.38 bits per heavy atom. The highest BCUT2D eigenvalue weighted by Crippen LogP contribution is 2.29. The van der Waals surface area contributed by atoms with Gasteiger partial charge in [-0.25, -0.2) is 14.8 Å². The van der Waals surface area contributed by atoms with E-state index in [4.69, 9.17) is 21.6 Å².